The molecule has 0 unspecified atom stereocenters. The van der Waals surface area contributed by atoms with Crippen LogP contribution in [0.1, 0.15) is 48.0 Å². The fourth-order valence-corrected chi connectivity index (χ4v) is 10.7. The number of alkyl carbamates (subject to hydrolysis) is 1. The van der Waals surface area contributed by atoms with Crippen LogP contribution >= 0.6 is 0 Å². The first kappa shape index (κ1) is 26.4. The number of hydrogen-bond acceptors (Lipinski definition) is 6. The lowest BCUT2D eigenvalue weighted by Gasteiger charge is -2.47. The first-order valence-electron chi connectivity index (χ1n) is 13.1. The predicted octanol–water partition coefficient (Wildman–Crippen LogP) is 4.11. The van der Waals surface area contributed by atoms with E-state index in [4.69, 9.17) is 14.0 Å². The monoisotopic (exact) mass is 532 g/mol. The van der Waals surface area contributed by atoms with Gasteiger partial charge in [-0.1, -0.05) is 98.7 Å². The number of rotatable bonds is 5. The van der Waals surface area contributed by atoms with E-state index in [2.05, 4.69) is 55.5 Å². The molecule has 38 heavy (non-hydrogen) atoms. The van der Waals surface area contributed by atoms with Crippen LogP contribution in [0.25, 0.3) is 0 Å². The zero-order chi connectivity index (χ0) is 27.3. The van der Waals surface area contributed by atoms with E-state index in [-0.39, 0.29) is 17.2 Å². The fraction of sp³-hybridized carbons (Fsp3) is 0.433. The van der Waals surface area contributed by atoms with Gasteiger partial charge in [0.25, 0.3) is 8.32 Å². The van der Waals surface area contributed by atoms with Gasteiger partial charge < -0.3 is 19.3 Å². The second kappa shape index (κ2) is 9.20. The van der Waals surface area contributed by atoms with Gasteiger partial charge in [0.1, 0.15) is 17.4 Å². The molecule has 0 saturated heterocycles. The van der Waals surface area contributed by atoms with Gasteiger partial charge in [0, 0.05) is 6.42 Å². The van der Waals surface area contributed by atoms with Crippen LogP contribution in [0.15, 0.2) is 78.0 Å². The SMILES string of the molecule is CC(C)(C)OC(=O)N[C@]12C=C[C@@H](O[Si](c3ccccc3)(c3ccccc3)C(C)(C)C)[C@@H]3ON=C(C(=O)C1)[C@@H]32. The van der Waals surface area contributed by atoms with Gasteiger partial charge in [0.05, 0.1) is 11.5 Å². The topological polar surface area (TPSA) is 86.2 Å². The van der Waals surface area contributed by atoms with Crippen molar-refractivity contribution in [3.05, 3.63) is 72.8 Å². The fourth-order valence-electron chi connectivity index (χ4n) is 6.07. The van der Waals surface area contributed by atoms with Crippen LogP contribution in [-0.2, 0) is 18.8 Å². The average molecular weight is 533 g/mol. The molecular formula is C30H36N2O5Si. The molecule has 0 radical (unpaired) electrons. The summed E-state index contributed by atoms with van der Waals surface area (Å²) < 4.78 is 12.9. The summed E-state index contributed by atoms with van der Waals surface area (Å²) in [5.74, 6) is -0.597. The summed E-state index contributed by atoms with van der Waals surface area (Å²) in [4.78, 5) is 31.8. The summed E-state index contributed by atoms with van der Waals surface area (Å²) in [6.07, 6.45) is 2.33. The maximum absolute atomic E-state index is 13.0. The third kappa shape index (κ3) is 4.39. The number of oxime groups is 1. The highest BCUT2D eigenvalue weighted by Crippen LogP contribution is 2.47. The van der Waals surface area contributed by atoms with Gasteiger partial charge >= 0.3 is 6.09 Å². The van der Waals surface area contributed by atoms with E-state index in [0.29, 0.717) is 5.71 Å². The highest BCUT2D eigenvalue weighted by Gasteiger charge is 2.63. The molecule has 0 aromatic heterocycles. The molecule has 0 spiro atoms. The van der Waals surface area contributed by atoms with E-state index < -0.39 is 43.7 Å². The van der Waals surface area contributed by atoms with Gasteiger partial charge in [0.2, 0.25) is 0 Å². The minimum atomic E-state index is -2.90. The molecule has 2 aromatic rings. The number of Topliss-reactive ketones (excluding diaryl/α,β-unsaturated/α-hetero) is 1. The van der Waals surface area contributed by atoms with Crippen molar-refractivity contribution in [1.29, 1.82) is 0 Å². The van der Waals surface area contributed by atoms with E-state index in [1.54, 1.807) is 0 Å². The number of benzene rings is 2. The summed E-state index contributed by atoms with van der Waals surface area (Å²) in [6, 6.07) is 20.8. The maximum atomic E-state index is 13.0. The Kier molecular flexibility index (Phi) is 6.39. The van der Waals surface area contributed by atoms with Crippen molar-refractivity contribution in [3.63, 3.8) is 0 Å². The van der Waals surface area contributed by atoms with E-state index in [0.717, 1.165) is 10.4 Å². The molecule has 3 aliphatic rings. The highest BCUT2D eigenvalue weighted by molar-refractivity contribution is 6.99. The third-order valence-corrected chi connectivity index (χ3v) is 12.6. The summed E-state index contributed by atoms with van der Waals surface area (Å²) in [5.41, 5.74) is -1.28. The lowest BCUT2D eigenvalue weighted by Crippen LogP contribution is -2.69. The van der Waals surface area contributed by atoms with Crippen molar-refractivity contribution in [2.24, 2.45) is 11.1 Å². The van der Waals surface area contributed by atoms with Gasteiger partial charge in [-0.15, -0.1) is 0 Å². The van der Waals surface area contributed by atoms with Crippen molar-refractivity contribution in [2.45, 2.75) is 76.3 Å². The third-order valence-electron chi connectivity index (χ3n) is 7.56. The van der Waals surface area contributed by atoms with Crippen LogP contribution in [0.2, 0.25) is 5.04 Å². The van der Waals surface area contributed by atoms with Crippen molar-refractivity contribution in [2.75, 3.05) is 0 Å². The molecule has 5 rings (SSSR count). The van der Waals surface area contributed by atoms with E-state index >= 15 is 0 Å². The summed E-state index contributed by atoms with van der Waals surface area (Å²) in [7, 11) is -2.90. The number of hydrogen-bond donors (Lipinski definition) is 1. The van der Waals surface area contributed by atoms with E-state index in [1.807, 2.05) is 69.3 Å². The molecule has 200 valence electrons. The van der Waals surface area contributed by atoms with Gasteiger partial charge in [0.15, 0.2) is 11.9 Å². The molecule has 1 aliphatic heterocycles. The molecule has 1 N–H and O–H groups in total. The van der Waals surface area contributed by atoms with Gasteiger partial charge in [-0.25, -0.2) is 4.79 Å². The summed E-state index contributed by atoms with van der Waals surface area (Å²) in [5, 5.41) is 9.26. The molecule has 1 saturated carbocycles. The lowest BCUT2D eigenvalue weighted by atomic mass is 9.76. The minimum absolute atomic E-state index is 0.109. The molecule has 1 amide bonds. The lowest BCUT2D eigenvalue weighted by molar-refractivity contribution is -0.113. The zero-order valence-electron chi connectivity index (χ0n) is 22.9. The van der Waals surface area contributed by atoms with Crippen molar-refractivity contribution < 1.29 is 23.6 Å². The Hall–Kier alpha value is -3.23. The van der Waals surface area contributed by atoms with Crippen LogP contribution in [0.3, 0.4) is 0 Å². The second-order valence-corrected chi connectivity index (χ2v) is 16.6. The normalized spacial score (nSPS) is 26.4. The molecule has 7 nitrogen and oxygen atoms in total. The second-order valence-electron chi connectivity index (χ2n) is 12.4. The largest absolute Gasteiger partial charge is 0.444 e. The number of ketones is 1. The zero-order valence-corrected chi connectivity index (χ0v) is 23.9. The molecule has 2 aliphatic carbocycles. The Morgan fingerprint density at radius 3 is 2.11 bits per heavy atom. The summed E-state index contributed by atoms with van der Waals surface area (Å²) in [6.45, 7) is 12.1. The summed E-state index contributed by atoms with van der Waals surface area (Å²) >= 11 is 0. The maximum Gasteiger partial charge on any atom is 0.408 e. The van der Waals surface area contributed by atoms with E-state index in [1.165, 1.54) is 0 Å². The number of ether oxygens (including phenoxy) is 1. The first-order chi connectivity index (χ1) is 17.9. The Labute approximate surface area is 225 Å². The number of carbonyl (C=O) groups is 2. The molecule has 4 atom stereocenters. The van der Waals surface area contributed by atoms with Crippen LogP contribution in [0.5, 0.6) is 0 Å². The standard InChI is InChI=1S/C30H36N2O5Si/c1-28(2,3)35-27(34)31-30-18-17-23(26-24(30)25(32-36-26)22(33)19-30)37-38(29(4,5)6,20-13-9-7-10-14-20)21-15-11-8-12-16-21/h7-18,23-24,26H,19H2,1-6H3,(H,31,34)/t23-,24+,26+,30-/m1/s1. The van der Waals surface area contributed by atoms with Crippen LogP contribution in [-0.4, -0.2) is 49.3 Å². The predicted molar refractivity (Wildman–Crippen MR) is 149 cm³/mol. The Balaban J connectivity index is 1.57. The van der Waals surface area contributed by atoms with Crippen LogP contribution in [0.4, 0.5) is 4.79 Å². The molecule has 1 heterocycles. The first-order valence-corrected chi connectivity index (χ1v) is 15.0. The Morgan fingerprint density at radius 2 is 1.58 bits per heavy atom. The molecule has 0 bridgehead atoms. The number of amides is 1. The van der Waals surface area contributed by atoms with Gasteiger partial charge in [-0.05, 0) is 36.2 Å². The van der Waals surface area contributed by atoms with E-state index in [9.17, 15) is 9.59 Å². The smallest absolute Gasteiger partial charge is 0.408 e. The van der Waals surface area contributed by atoms with Crippen molar-refractivity contribution >= 4 is 36.3 Å². The highest BCUT2D eigenvalue weighted by atomic mass is 28.4. The van der Waals surface area contributed by atoms with Crippen LogP contribution in [0, 0.1) is 5.92 Å². The van der Waals surface area contributed by atoms with Gasteiger partial charge in [-0.3, -0.25) is 4.79 Å². The number of nitrogens with zero attached hydrogens (tertiary/aromatic N) is 1. The average Bonchev–Trinajstić information content (AvgIpc) is 3.40. The number of carbonyl (C=O) groups excluding carboxylic acids is 2. The Morgan fingerprint density at radius 1 is 1.00 bits per heavy atom. The molecule has 2 aromatic carbocycles. The van der Waals surface area contributed by atoms with Crippen LogP contribution < -0.4 is 15.7 Å². The molecule has 8 heteroatoms. The van der Waals surface area contributed by atoms with Crippen molar-refractivity contribution in [1.82, 2.24) is 5.32 Å². The number of nitrogens with one attached hydrogen (secondary N) is 1. The molecular weight excluding hydrogens is 496 g/mol. The van der Waals surface area contributed by atoms with Crippen molar-refractivity contribution in [3.8, 4) is 0 Å². The molecule has 1 fully saturated rings. The minimum Gasteiger partial charge on any atom is -0.444 e. The Bertz CT molecular complexity index is 1240. The van der Waals surface area contributed by atoms with Gasteiger partial charge in [-0.2, -0.15) is 0 Å². The quantitative estimate of drug-likeness (QED) is 0.463.